The number of aryl methyl sites for hydroxylation is 1. The summed E-state index contributed by atoms with van der Waals surface area (Å²) in [5.74, 6) is 0.472. The van der Waals surface area contributed by atoms with Crippen molar-refractivity contribution in [2.75, 3.05) is 12.4 Å². The molecule has 0 atom stereocenters. The third-order valence-electron chi connectivity index (χ3n) is 2.69. The molecule has 0 amide bonds. The molecule has 1 N–H and O–H groups in total. The second-order valence-corrected chi connectivity index (χ2v) is 5.51. The van der Waals surface area contributed by atoms with Gasteiger partial charge in [0.1, 0.15) is 5.75 Å². The first-order chi connectivity index (χ1) is 9.65. The summed E-state index contributed by atoms with van der Waals surface area (Å²) in [5.41, 5.74) is 1.49. The van der Waals surface area contributed by atoms with Crippen molar-refractivity contribution >= 4 is 17.7 Å². The van der Waals surface area contributed by atoms with Gasteiger partial charge in [-0.15, -0.1) is 11.8 Å². The van der Waals surface area contributed by atoms with Crippen molar-refractivity contribution in [3.05, 3.63) is 59.7 Å². The van der Waals surface area contributed by atoms with Crippen molar-refractivity contribution in [3.8, 4) is 5.75 Å². The predicted octanol–water partition coefficient (Wildman–Crippen LogP) is 3.86. The summed E-state index contributed by atoms with van der Waals surface area (Å²) in [5, 5.41) is 8.90. The van der Waals surface area contributed by atoms with Gasteiger partial charge in [-0.05, 0) is 37.3 Å². The lowest BCUT2D eigenvalue weighted by atomic mass is 10.2. The molecule has 0 aliphatic rings. The molecule has 2 aromatic carbocycles. The predicted molar refractivity (Wildman–Crippen MR) is 80.8 cm³/mol. The van der Waals surface area contributed by atoms with Crippen LogP contribution in [0.2, 0.25) is 0 Å². The zero-order chi connectivity index (χ0) is 14.4. The molecule has 0 spiro atoms. The van der Waals surface area contributed by atoms with Crippen LogP contribution >= 0.6 is 11.8 Å². The third-order valence-corrected chi connectivity index (χ3v) is 3.65. The number of rotatable bonds is 6. The molecule has 0 unspecified atom stereocenters. The van der Waals surface area contributed by atoms with Crippen LogP contribution in [0, 0.1) is 6.92 Å². The number of ether oxygens (including phenoxy) is 1. The molecule has 0 aliphatic carbocycles. The van der Waals surface area contributed by atoms with E-state index in [9.17, 15) is 4.79 Å². The normalized spacial score (nSPS) is 10.2. The zero-order valence-electron chi connectivity index (χ0n) is 11.2. The molecule has 20 heavy (non-hydrogen) atoms. The van der Waals surface area contributed by atoms with Crippen molar-refractivity contribution in [1.82, 2.24) is 0 Å². The van der Waals surface area contributed by atoms with E-state index in [0.717, 1.165) is 5.75 Å². The number of benzene rings is 2. The van der Waals surface area contributed by atoms with Crippen LogP contribution in [0.25, 0.3) is 0 Å². The van der Waals surface area contributed by atoms with Gasteiger partial charge >= 0.3 is 5.97 Å². The summed E-state index contributed by atoms with van der Waals surface area (Å²) in [6.45, 7) is 2.61. The number of aromatic carboxylic acids is 1. The average molecular weight is 288 g/mol. The fraction of sp³-hybridized carbons (Fsp3) is 0.188. The molecule has 0 radical (unpaired) electrons. The van der Waals surface area contributed by atoms with Crippen LogP contribution in [0.15, 0.2) is 53.4 Å². The molecular weight excluding hydrogens is 272 g/mol. The molecule has 4 heteroatoms. The minimum atomic E-state index is -0.940. The zero-order valence-corrected chi connectivity index (χ0v) is 12.0. The quantitative estimate of drug-likeness (QED) is 0.647. The molecule has 3 nitrogen and oxygen atoms in total. The summed E-state index contributed by atoms with van der Waals surface area (Å²) in [4.78, 5) is 12.1. The first kappa shape index (κ1) is 14.5. The summed E-state index contributed by atoms with van der Waals surface area (Å²) in [6, 6.07) is 14.9. The lowest BCUT2D eigenvalue weighted by Gasteiger charge is -2.07. The Morgan fingerprint density at radius 3 is 2.75 bits per heavy atom. The highest BCUT2D eigenvalue weighted by Crippen LogP contribution is 2.19. The first-order valence-electron chi connectivity index (χ1n) is 6.31. The maximum absolute atomic E-state index is 10.8. The van der Waals surface area contributed by atoms with Crippen molar-refractivity contribution in [3.63, 3.8) is 0 Å². The molecule has 0 heterocycles. The van der Waals surface area contributed by atoms with Crippen LogP contribution in [0.3, 0.4) is 0 Å². The van der Waals surface area contributed by atoms with Gasteiger partial charge in [0.05, 0.1) is 12.2 Å². The highest BCUT2D eigenvalue weighted by atomic mass is 32.2. The number of carboxylic acids is 1. The summed E-state index contributed by atoms with van der Waals surface area (Å²) < 4.78 is 5.56. The van der Waals surface area contributed by atoms with Crippen molar-refractivity contribution < 1.29 is 14.6 Å². The van der Waals surface area contributed by atoms with Crippen LogP contribution in [0.4, 0.5) is 0 Å². The van der Waals surface area contributed by atoms with Gasteiger partial charge in [-0.3, -0.25) is 0 Å². The van der Waals surface area contributed by atoms with E-state index in [2.05, 4.69) is 25.1 Å². The number of hydrogen-bond acceptors (Lipinski definition) is 3. The van der Waals surface area contributed by atoms with E-state index in [1.165, 1.54) is 10.5 Å². The van der Waals surface area contributed by atoms with Gasteiger partial charge in [-0.1, -0.05) is 23.8 Å². The highest BCUT2D eigenvalue weighted by Gasteiger charge is 2.03. The summed E-state index contributed by atoms with van der Waals surface area (Å²) in [6.07, 6.45) is 0. The molecule has 0 aliphatic heterocycles. The van der Waals surface area contributed by atoms with Gasteiger partial charge in [0.15, 0.2) is 0 Å². The van der Waals surface area contributed by atoms with E-state index in [4.69, 9.17) is 9.84 Å². The van der Waals surface area contributed by atoms with E-state index in [1.54, 1.807) is 36.0 Å². The van der Waals surface area contributed by atoms with Crippen LogP contribution < -0.4 is 4.74 Å². The highest BCUT2D eigenvalue weighted by molar-refractivity contribution is 7.99. The SMILES string of the molecule is Cc1cccc(SCCOc2cccc(C(=O)O)c2)c1. The number of carbonyl (C=O) groups is 1. The maximum Gasteiger partial charge on any atom is 0.335 e. The Morgan fingerprint density at radius 2 is 2.00 bits per heavy atom. The molecule has 0 saturated heterocycles. The molecule has 0 saturated carbocycles. The molecule has 104 valence electrons. The molecule has 0 aromatic heterocycles. The van der Waals surface area contributed by atoms with Crippen molar-refractivity contribution in [2.24, 2.45) is 0 Å². The standard InChI is InChI=1S/C16H16O3S/c1-12-4-2-7-15(10-12)20-9-8-19-14-6-3-5-13(11-14)16(17)18/h2-7,10-11H,8-9H2,1H3,(H,17,18). The lowest BCUT2D eigenvalue weighted by molar-refractivity contribution is 0.0696. The molecule has 2 rings (SSSR count). The van der Waals surface area contributed by atoms with Crippen LogP contribution in [0.1, 0.15) is 15.9 Å². The van der Waals surface area contributed by atoms with Crippen molar-refractivity contribution in [2.45, 2.75) is 11.8 Å². The number of hydrogen-bond donors (Lipinski definition) is 1. The molecule has 0 fully saturated rings. The van der Waals surface area contributed by atoms with Crippen LogP contribution in [-0.4, -0.2) is 23.4 Å². The number of carboxylic acid groups (broad SMARTS) is 1. The fourth-order valence-electron chi connectivity index (χ4n) is 1.74. The fourth-order valence-corrected chi connectivity index (χ4v) is 2.59. The van der Waals surface area contributed by atoms with Gasteiger partial charge in [-0.2, -0.15) is 0 Å². The van der Waals surface area contributed by atoms with Gasteiger partial charge in [-0.25, -0.2) is 4.79 Å². The van der Waals surface area contributed by atoms with E-state index in [0.29, 0.717) is 12.4 Å². The smallest absolute Gasteiger partial charge is 0.335 e. The topological polar surface area (TPSA) is 46.5 Å². The Kier molecular flexibility index (Phi) is 5.07. The van der Waals surface area contributed by atoms with E-state index in [1.807, 2.05) is 6.07 Å². The van der Waals surface area contributed by atoms with Crippen LogP contribution in [-0.2, 0) is 0 Å². The molecule has 2 aromatic rings. The van der Waals surface area contributed by atoms with Gasteiger partial charge in [0.2, 0.25) is 0 Å². The molecule has 0 bridgehead atoms. The first-order valence-corrected chi connectivity index (χ1v) is 7.29. The Hall–Kier alpha value is -1.94. The van der Waals surface area contributed by atoms with E-state index in [-0.39, 0.29) is 5.56 Å². The van der Waals surface area contributed by atoms with Crippen LogP contribution in [0.5, 0.6) is 5.75 Å². The summed E-state index contributed by atoms with van der Waals surface area (Å²) in [7, 11) is 0. The largest absolute Gasteiger partial charge is 0.493 e. The Balaban J connectivity index is 1.81. The third kappa shape index (κ3) is 4.31. The second kappa shape index (κ2) is 7.01. The minimum Gasteiger partial charge on any atom is -0.493 e. The Morgan fingerprint density at radius 1 is 1.20 bits per heavy atom. The maximum atomic E-state index is 10.8. The Labute approximate surface area is 122 Å². The summed E-state index contributed by atoms with van der Waals surface area (Å²) >= 11 is 1.72. The second-order valence-electron chi connectivity index (χ2n) is 4.35. The van der Waals surface area contributed by atoms with Crippen molar-refractivity contribution in [1.29, 1.82) is 0 Å². The van der Waals surface area contributed by atoms with Gasteiger partial charge in [0, 0.05) is 10.6 Å². The lowest BCUT2D eigenvalue weighted by Crippen LogP contribution is -2.02. The number of thioether (sulfide) groups is 1. The molecular formula is C16H16O3S. The Bertz CT molecular complexity index is 596. The van der Waals surface area contributed by atoms with Gasteiger partial charge < -0.3 is 9.84 Å². The van der Waals surface area contributed by atoms with E-state index < -0.39 is 5.97 Å². The average Bonchev–Trinajstić information content (AvgIpc) is 2.44. The van der Waals surface area contributed by atoms with E-state index >= 15 is 0 Å². The monoisotopic (exact) mass is 288 g/mol. The minimum absolute atomic E-state index is 0.244. The van der Waals surface area contributed by atoms with Gasteiger partial charge in [0.25, 0.3) is 0 Å².